The Bertz CT molecular complexity index is 663. The van der Waals surface area contributed by atoms with Crippen molar-refractivity contribution in [2.24, 2.45) is 0 Å². The molecule has 2 heteroatoms. The third kappa shape index (κ3) is 0.912. The fourth-order valence-corrected chi connectivity index (χ4v) is 3.41. The Hall–Kier alpha value is -1.57. The lowest BCUT2D eigenvalue weighted by molar-refractivity contribution is -0.727. The van der Waals surface area contributed by atoms with Crippen molar-refractivity contribution in [2.75, 3.05) is 0 Å². The van der Waals surface area contributed by atoms with Gasteiger partial charge in [0.15, 0.2) is 17.0 Å². The van der Waals surface area contributed by atoms with Crippen LogP contribution < -0.4 is 9.30 Å². The molecule has 1 aromatic carbocycles. The van der Waals surface area contributed by atoms with Gasteiger partial charge in [-0.1, -0.05) is 6.07 Å². The van der Waals surface area contributed by atoms with Crippen LogP contribution in [-0.2, 0) is 5.54 Å². The van der Waals surface area contributed by atoms with E-state index in [9.17, 15) is 0 Å². The third-order valence-corrected chi connectivity index (χ3v) is 4.64. The van der Waals surface area contributed by atoms with Gasteiger partial charge in [-0.2, -0.15) is 4.57 Å². The Morgan fingerprint density at radius 1 is 1.18 bits per heavy atom. The summed E-state index contributed by atoms with van der Waals surface area (Å²) >= 11 is 0. The maximum atomic E-state index is 6.20. The van der Waals surface area contributed by atoms with Crippen LogP contribution in [0.4, 0.5) is 0 Å². The molecule has 1 aliphatic carbocycles. The molecule has 1 fully saturated rings. The van der Waals surface area contributed by atoms with Crippen molar-refractivity contribution in [3.05, 3.63) is 36.0 Å². The predicted molar refractivity (Wildman–Crippen MR) is 66.2 cm³/mol. The summed E-state index contributed by atoms with van der Waals surface area (Å²) in [6, 6.07) is 10.7. The minimum absolute atomic E-state index is 0.0228. The van der Waals surface area contributed by atoms with E-state index in [4.69, 9.17) is 4.74 Å². The first-order chi connectivity index (χ1) is 8.05. The van der Waals surface area contributed by atoms with Crippen LogP contribution in [0.25, 0.3) is 10.9 Å². The molecule has 86 valence electrons. The molecule has 0 radical (unpaired) electrons. The lowest BCUT2D eigenvalue weighted by Crippen LogP contribution is -2.55. The largest absolute Gasteiger partial charge is 0.473 e. The Balaban J connectivity index is 2.21. The van der Waals surface area contributed by atoms with Gasteiger partial charge >= 0.3 is 0 Å². The zero-order chi connectivity index (χ0) is 11.8. The minimum atomic E-state index is -0.0228. The maximum Gasteiger partial charge on any atom is 0.255 e. The van der Waals surface area contributed by atoms with Crippen LogP contribution in [0.2, 0.25) is 0 Å². The molecule has 0 N–H and O–H groups in total. The average molecular weight is 226 g/mol. The quantitative estimate of drug-likeness (QED) is 0.629. The molecule has 1 unspecified atom stereocenters. The van der Waals surface area contributed by atoms with Crippen LogP contribution in [0.1, 0.15) is 26.0 Å². The molecule has 2 heterocycles. The smallest absolute Gasteiger partial charge is 0.255 e. The molecule has 4 rings (SSSR count). The highest BCUT2D eigenvalue weighted by atomic mass is 16.5. The van der Waals surface area contributed by atoms with Gasteiger partial charge < -0.3 is 4.74 Å². The molecule has 2 aromatic rings. The van der Waals surface area contributed by atoms with E-state index in [1.807, 2.05) is 0 Å². The molecule has 2 aliphatic rings. The number of benzene rings is 1. The second-order valence-electron chi connectivity index (χ2n) is 5.79. The summed E-state index contributed by atoms with van der Waals surface area (Å²) in [6.45, 7) is 6.70. The van der Waals surface area contributed by atoms with Crippen LogP contribution in [0.15, 0.2) is 30.3 Å². The zero-order valence-electron chi connectivity index (χ0n) is 10.4. The Morgan fingerprint density at radius 3 is 2.82 bits per heavy atom. The molecule has 0 spiro atoms. The topological polar surface area (TPSA) is 13.1 Å². The highest BCUT2D eigenvalue weighted by Crippen LogP contribution is 2.56. The highest BCUT2D eigenvalue weighted by molar-refractivity contribution is 5.82. The van der Waals surface area contributed by atoms with E-state index in [2.05, 4.69) is 55.7 Å². The van der Waals surface area contributed by atoms with Crippen LogP contribution in [0, 0.1) is 6.92 Å². The van der Waals surface area contributed by atoms with Crippen molar-refractivity contribution in [3.8, 4) is 5.75 Å². The van der Waals surface area contributed by atoms with Gasteiger partial charge in [-0.05, 0) is 25.1 Å². The van der Waals surface area contributed by atoms with E-state index in [1.54, 1.807) is 0 Å². The monoisotopic (exact) mass is 226 g/mol. The second kappa shape index (κ2) is 2.47. The molecule has 2 atom stereocenters. The number of fused-ring (bicyclic) bond motifs is 2. The van der Waals surface area contributed by atoms with Gasteiger partial charge in [-0.15, -0.1) is 0 Å². The molecule has 0 bridgehead atoms. The zero-order valence-corrected chi connectivity index (χ0v) is 10.4. The average Bonchev–Trinajstić information content (AvgIpc) is 2.84. The first kappa shape index (κ1) is 9.46. The Labute approximate surface area is 101 Å². The van der Waals surface area contributed by atoms with Gasteiger partial charge in [0, 0.05) is 19.9 Å². The summed E-state index contributed by atoms with van der Waals surface area (Å²) < 4.78 is 8.68. The summed E-state index contributed by atoms with van der Waals surface area (Å²) in [5, 5.41) is 1.27. The molecule has 0 saturated heterocycles. The highest BCUT2D eigenvalue weighted by Gasteiger charge is 2.75. The molecule has 1 saturated carbocycles. The Kier molecular flexibility index (Phi) is 1.38. The normalized spacial score (nSPS) is 33.1. The predicted octanol–water partition coefficient (Wildman–Crippen LogP) is 2.71. The number of para-hydroxylation sites is 1. The van der Waals surface area contributed by atoms with E-state index in [0.29, 0.717) is 0 Å². The van der Waals surface area contributed by atoms with Crippen molar-refractivity contribution in [3.63, 3.8) is 0 Å². The van der Waals surface area contributed by atoms with Gasteiger partial charge in [0.05, 0.1) is 11.8 Å². The standard InChI is InChI=1S/C15H16NO/c1-10-7-8-11-5-4-6-12-13(11)16(10)14(2)9-15(14,3)17-12/h4-8H,9H2,1-3H3/q+1/t14-,15?/m0/s1. The van der Waals surface area contributed by atoms with Crippen LogP contribution >= 0.6 is 0 Å². The van der Waals surface area contributed by atoms with Gasteiger partial charge in [0.1, 0.15) is 0 Å². The summed E-state index contributed by atoms with van der Waals surface area (Å²) in [5.74, 6) is 1.03. The number of pyridine rings is 1. The molecule has 1 aromatic heterocycles. The first-order valence-corrected chi connectivity index (χ1v) is 6.19. The van der Waals surface area contributed by atoms with Crippen molar-refractivity contribution in [1.82, 2.24) is 0 Å². The third-order valence-electron chi connectivity index (χ3n) is 4.64. The number of aryl methyl sites for hydroxylation is 1. The summed E-state index contributed by atoms with van der Waals surface area (Å²) in [4.78, 5) is 0. The molecule has 2 nitrogen and oxygen atoms in total. The number of aromatic nitrogens is 1. The summed E-state index contributed by atoms with van der Waals surface area (Å²) in [5.41, 5.74) is 2.68. The summed E-state index contributed by atoms with van der Waals surface area (Å²) in [7, 11) is 0. The lowest BCUT2D eigenvalue weighted by Gasteiger charge is -2.24. The molecule has 0 amide bonds. The van der Waals surface area contributed by atoms with Gasteiger partial charge in [-0.3, -0.25) is 0 Å². The van der Waals surface area contributed by atoms with Crippen LogP contribution in [-0.4, -0.2) is 5.60 Å². The van der Waals surface area contributed by atoms with Crippen molar-refractivity contribution in [2.45, 2.75) is 38.3 Å². The molecule has 1 aliphatic heterocycles. The van der Waals surface area contributed by atoms with E-state index < -0.39 is 0 Å². The van der Waals surface area contributed by atoms with Crippen LogP contribution in [0.5, 0.6) is 5.75 Å². The number of ether oxygens (including phenoxy) is 1. The second-order valence-corrected chi connectivity index (χ2v) is 5.79. The fraction of sp³-hybridized carbons (Fsp3) is 0.400. The van der Waals surface area contributed by atoms with E-state index in [0.717, 1.165) is 12.2 Å². The fourth-order valence-electron chi connectivity index (χ4n) is 3.41. The first-order valence-electron chi connectivity index (χ1n) is 6.19. The van der Waals surface area contributed by atoms with Crippen LogP contribution in [0.3, 0.4) is 0 Å². The van der Waals surface area contributed by atoms with Crippen molar-refractivity contribution in [1.29, 1.82) is 0 Å². The van der Waals surface area contributed by atoms with Crippen molar-refractivity contribution >= 4 is 10.9 Å². The lowest BCUT2D eigenvalue weighted by atomic mass is 10.1. The van der Waals surface area contributed by atoms with E-state index in [1.165, 1.54) is 16.6 Å². The summed E-state index contributed by atoms with van der Waals surface area (Å²) in [6.07, 6.45) is 1.10. The van der Waals surface area contributed by atoms with Gasteiger partial charge in [-0.25, -0.2) is 0 Å². The Morgan fingerprint density at radius 2 is 2.00 bits per heavy atom. The molecular formula is C15H16NO+. The minimum Gasteiger partial charge on any atom is -0.473 e. The van der Waals surface area contributed by atoms with E-state index in [-0.39, 0.29) is 11.1 Å². The van der Waals surface area contributed by atoms with Gasteiger partial charge in [0.25, 0.3) is 5.52 Å². The number of hydrogen-bond acceptors (Lipinski definition) is 1. The van der Waals surface area contributed by atoms with Crippen molar-refractivity contribution < 1.29 is 9.30 Å². The SMILES string of the molecule is Cc1ccc2cccc3c2[n+]1[C@@]1(C)CC1(C)O3. The van der Waals surface area contributed by atoms with E-state index >= 15 is 0 Å². The number of hydrogen-bond donors (Lipinski definition) is 0. The molecular weight excluding hydrogens is 210 g/mol. The number of rotatable bonds is 0. The number of nitrogens with zero attached hydrogens (tertiary/aromatic N) is 1. The van der Waals surface area contributed by atoms with Gasteiger partial charge in [0.2, 0.25) is 5.54 Å². The maximum absolute atomic E-state index is 6.20. The molecule has 17 heavy (non-hydrogen) atoms.